The van der Waals surface area contributed by atoms with Crippen LogP contribution in [0.4, 0.5) is 14.6 Å². The molecule has 0 atom stereocenters. The number of nitro groups is 1. The number of hydrogen-bond acceptors (Lipinski definition) is 4. The van der Waals surface area contributed by atoms with E-state index in [0.29, 0.717) is 6.07 Å². The molecule has 76 valence electrons. The van der Waals surface area contributed by atoms with Crippen LogP contribution in [0.5, 0.6) is 5.75 Å². The number of halogens is 2. The molecule has 0 aliphatic heterocycles. The minimum atomic E-state index is -3.14. The molecule has 1 aromatic heterocycles. The van der Waals surface area contributed by atoms with Crippen molar-refractivity contribution in [3.05, 3.63) is 32.1 Å². The maximum absolute atomic E-state index is 12.1. The smallest absolute Gasteiger partial charge is 0.374 e. The fourth-order valence-electron chi connectivity index (χ4n) is 0.823. The fraction of sp³-hybridized carbons (Fsp3) is 0.167. The molecule has 0 spiro atoms. The van der Waals surface area contributed by atoms with E-state index in [0.717, 1.165) is 0 Å². The lowest BCUT2D eigenvalue weighted by molar-refractivity contribution is -0.389. The predicted octanol–water partition coefficient (Wildman–Crippen LogP) is 0.926. The van der Waals surface area contributed by atoms with Crippen molar-refractivity contribution in [2.75, 3.05) is 0 Å². The SMILES string of the molecule is O=c1[nH]c([N+](=O)[O-])cc(C(F)F)c1O. The van der Waals surface area contributed by atoms with Gasteiger partial charge in [-0.25, -0.2) is 18.6 Å². The van der Waals surface area contributed by atoms with Crippen LogP contribution in [0.2, 0.25) is 0 Å². The van der Waals surface area contributed by atoms with Gasteiger partial charge < -0.3 is 15.2 Å². The van der Waals surface area contributed by atoms with Crippen LogP contribution in [0, 0.1) is 10.1 Å². The Labute approximate surface area is 75.0 Å². The van der Waals surface area contributed by atoms with E-state index in [2.05, 4.69) is 0 Å². The number of aromatic hydroxyl groups is 1. The average Bonchev–Trinajstić information content (AvgIpc) is 2.08. The molecule has 1 heterocycles. The second kappa shape index (κ2) is 3.40. The Hall–Kier alpha value is -1.99. The number of hydrogen-bond donors (Lipinski definition) is 2. The molecule has 0 unspecified atom stereocenters. The maximum atomic E-state index is 12.1. The summed E-state index contributed by atoms with van der Waals surface area (Å²) < 4.78 is 24.2. The summed E-state index contributed by atoms with van der Waals surface area (Å²) in [6.45, 7) is 0. The summed E-state index contributed by atoms with van der Waals surface area (Å²) in [6, 6.07) is 0.418. The summed E-state index contributed by atoms with van der Waals surface area (Å²) in [5.41, 5.74) is -2.37. The van der Waals surface area contributed by atoms with E-state index < -0.39 is 34.0 Å². The van der Waals surface area contributed by atoms with E-state index in [1.807, 2.05) is 0 Å². The van der Waals surface area contributed by atoms with Gasteiger partial charge in [0.15, 0.2) is 0 Å². The fourth-order valence-corrected chi connectivity index (χ4v) is 0.823. The Morgan fingerprint density at radius 2 is 2.14 bits per heavy atom. The van der Waals surface area contributed by atoms with Crippen LogP contribution in [-0.4, -0.2) is 15.0 Å². The summed E-state index contributed by atoms with van der Waals surface area (Å²) in [5, 5.41) is 19.0. The van der Waals surface area contributed by atoms with Crippen molar-refractivity contribution in [3.8, 4) is 5.75 Å². The maximum Gasteiger partial charge on any atom is 0.374 e. The number of pyridine rings is 1. The number of H-pyrrole nitrogens is 1. The molecule has 6 nitrogen and oxygen atoms in total. The summed E-state index contributed by atoms with van der Waals surface area (Å²) >= 11 is 0. The number of nitrogens with zero attached hydrogens (tertiary/aromatic N) is 1. The molecule has 0 aliphatic rings. The highest BCUT2D eigenvalue weighted by molar-refractivity contribution is 5.37. The highest BCUT2D eigenvalue weighted by Crippen LogP contribution is 2.26. The zero-order chi connectivity index (χ0) is 10.9. The van der Waals surface area contributed by atoms with E-state index in [4.69, 9.17) is 5.11 Å². The molecule has 1 aromatic rings. The quantitative estimate of drug-likeness (QED) is 0.555. The first-order valence-electron chi connectivity index (χ1n) is 3.32. The average molecular weight is 206 g/mol. The van der Waals surface area contributed by atoms with Crippen molar-refractivity contribution in [1.29, 1.82) is 0 Å². The van der Waals surface area contributed by atoms with Crippen LogP contribution in [-0.2, 0) is 0 Å². The Morgan fingerprint density at radius 1 is 1.57 bits per heavy atom. The zero-order valence-electron chi connectivity index (χ0n) is 6.53. The molecule has 0 bridgehead atoms. The van der Waals surface area contributed by atoms with Crippen LogP contribution >= 0.6 is 0 Å². The third-order valence-electron chi connectivity index (χ3n) is 1.45. The van der Waals surface area contributed by atoms with Crippen LogP contribution in [0.1, 0.15) is 12.0 Å². The van der Waals surface area contributed by atoms with Gasteiger partial charge in [-0.05, 0) is 4.92 Å². The molecule has 0 saturated carbocycles. The van der Waals surface area contributed by atoms with Gasteiger partial charge in [0.25, 0.3) is 6.43 Å². The Kier molecular flexibility index (Phi) is 2.45. The number of nitrogens with one attached hydrogen (secondary N) is 1. The van der Waals surface area contributed by atoms with Gasteiger partial charge in [0.2, 0.25) is 5.75 Å². The minimum absolute atomic E-state index is 0.418. The Morgan fingerprint density at radius 3 is 2.57 bits per heavy atom. The van der Waals surface area contributed by atoms with E-state index in [-0.39, 0.29) is 0 Å². The first kappa shape index (κ1) is 10.1. The van der Waals surface area contributed by atoms with Crippen molar-refractivity contribution >= 4 is 5.82 Å². The van der Waals surface area contributed by atoms with Crippen LogP contribution < -0.4 is 5.56 Å². The lowest BCUT2D eigenvalue weighted by Gasteiger charge is -2.01. The summed E-state index contributed by atoms with van der Waals surface area (Å²) in [4.78, 5) is 21.5. The zero-order valence-corrected chi connectivity index (χ0v) is 6.53. The number of aromatic amines is 1. The monoisotopic (exact) mass is 206 g/mol. The Balaban J connectivity index is 3.43. The first-order chi connectivity index (χ1) is 6.43. The van der Waals surface area contributed by atoms with Crippen LogP contribution in [0.3, 0.4) is 0 Å². The van der Waals surface area contributed by atoms with E-state index in [1.54, 1.807) is 4.98 Å². The van der Waals surface area contributed by atoms with Gasteiger partial charge in [0.05, 0.1) is 5.56 Å². The van der Waals surface area contributed by atoms with Gasteiger partial charge in [0.1, 0.15) is 0 Å². The molecular formula is C6H4F2N2O4. The Bertz CT molecular complexity index is 428. The second-order valence-electron chi connectivity index (χ2n) is 2.35. The highest BCUT2D eigenvalue weighted by Gasteiger charge is 2.21. The summed E-state index contributed by atoms with van der Waals surface area (Å²) in [7, 11) is 0. The van der Waals surface area contributed by atoms with E-state index in [9.17, 15) is 23.7 Å². The summed E-state index contributed by atoms with van der Waals surface area (Å²) in [6.07, 6.45) is -3.14. The molecule has 2 N–H and O–H groups in total. The third-order valence-corrected chi connectivity index (χ3v) is 1.45. The normalized spacial score (nSPS) is 10.5. The largest absolute Gasteiger partial charge is 0.501 e. The molecule has 0 aromatic carbocycles. The van der Waals surface area contributed by atoms with Crippen LogP contribution in [0.15, 0.2) is 10.9 Å². The van der Waals surface area contributed by atoms with Gasteiger partial charge in [-0.2, -0.15) is 0 Å². The minimum Gasteiger partial charge on any atom is -0.501 e. The molecule has 0 aliphatic carbocycles. The lowest BCUT2D eigenvalue weighted by atomic mass is 10.2. The van der Waals surface area contributed by atoms with E-state index >= 15 is 0 Å². The molecule has 0 radical (unpaired) electrons. The lowest BCUT2D eigenvalue weighted by Crippen LogP contribution is -2.10. The molecule has 8 heteroatoms. The van der Waals surface area contributed by atoms with Gasteiger partial charge >= 0.3 is 11.4 Å². The molecule has 0 fully saturated rings. The highest BCUT2D eigenvalue weighted by atomic mass is 19.3. The second-order valence-corrected chi connectivity index (χ2v) is 2.35. The van der Waals surface area contributed by atoms with Crippen molar-refractivity contribution in [2.24, 2.45) is 0 Å². The topological polar surface area (TPSA) is 96.2 Å². The van der Waals surface area contributed by atoms with Crippen molar-refractivity contribution in [1.82, 2.24) is 4.98 Å². The van der Waals surface area contributed by atoms with Gasteiger partial charge in [-0.3, -0.25) is 0 Å². The third kappa shape index (κ3) is 1.68. The molecule has 0 amide bonds. The number of aromatic nitrogens is 1. The van der Waals surface area contributed by atoms with Crippen molar-refractivity contribution in [3.63, 3.8) is 0 Å². The predicted molar refractivity (Wildman–Crippen MR) is 40.3 cm³/mol. The standard InChI is InChI=1S/C6H4F2N2O4/c7-5(8)2-1-3(10(13)14)9-6(12)4(2)11/h1,5,11H,(H,9,12). The van der Waals surface area contributed by atoms with Gasteiger partial charge in [0, 0.05) is 6.07 Å². The van der Waals surface area contributed by atoms with Gasteiger partial charge in [-0.15, -0.1) is 0 Å². The van der Waals surface area contributed by atoms with E-state index in [1.165, 1.54) is 0 Å². The first-order valence-corrected chi connectivity index (χ1v) is 3.32. The van der Waals surface area contributed by atoms with Crippen molar-refractivity contribution in [2.45, 2.75) is 6.43 Å². The van der Waals surface area contributed by atoms with Crippen molar-refractivity contribution < 1.29 is 18.8 Å². The molecule has 0 saturated heterocycles. The van der Waals surface area contributed by atoms with Gasteiger partial charge in [-0.1, -0.05) is 0 Å². The number of rotatable bonds is 2. The number of alkyl halides is 2. The summed E-state index contributed by atoms with van der Waals surface area (Å²) in [5.74, 6) is -2.09. The molecule has 14 heavy (non-hydrogen) atoms. The molecule has 1 rings (SSSR count). The van der Waals surface area contributed by atoms with Crippen LogP contribution in [0.25, 0.3) is 0 Å². The molecular weight excluding hydrogens is 202 g/mol.